The minimum absolute atomic E-state index is 0.256. The van der Waals surface area contributed by atoms with Crippen LogP contribution >= 0.6 is 0 Å². The highest BCUT2D eigenvalue weighted by molar-refractivity contribution is 5.39. The Morgan fingerprint density at radius 1 is 0.952 bits per heavy atom. The zero-order valence-corrected chi connectivity index (χ0v) is 13.7. The highest BCUT2D eigenvalue weighted by Crippen LogP contribution is 2.10. The molecule has 1 heterocycles. The van der Waals surface area contributed by atoms with E-state index in [1.807, 2.05) is 0 Å². The van der Waals surface area contributed by atoms with Crippen LogP contribution in [0.25, 0.3) is 0 Å². The first-order chi connectivity index (χ1) is 10.2. The van der Waals surface area contributed by atoms with Crippen molar-refractivity contribution in [3.05, 3.63) is 0 Å². The number of nitrogens with two attached hydrogens (primary N) is 1. The average Bonchev–Trinajstić information content (AvgIpc) is 2.45. The van der Waals surface area contributed by atoms with Gasteiger partial charge in [-0.25, -0.2) is 0 Å². The molecular weight excluding hydrogens is 264 g/mol. The van der Waals surface area contributed by atoms with Crippen molar-refractivity contribution in [3.8, 4) is 0 Å². The predicted octanol–water partition coefficient (Wildman–Crippen LogP) is 3.29. The zero-order valence-electron chi connectivity index (χ0n) is 13.7. The minimum Gasteiger partial charge on any atom is -0.368 e. The Hall–Kier alpha value is -1.59. The molecule has 1 aromatic heterocycles. The van der Waals surface area contributed by atoms with Crippen molar-refractivity contribution in [1.82, 2.24) is 15.0 Å². The van der Waals surface area contributed by atoms with E-state index in [-0.39, 0.29) is 5.95 Å². The third-order valence-corrected chi connectivity index (χ3v) is 3.36. The summed E-state index contributed by atoms with van der Waals surface area (Å²) in [4.78, 5) is 12.6. The Balaban J connectivity index is 2.43. The van der Waals surface area contributed by atoms with Crippen LogP contribution in [0.5, 0.6) is 0 Å². The Morgan fingerprint density at radius 3 is 2.33 bits per heavy atom. The molecule has 0 aliphatic carbocycles. The molecule has 0 amide bonds. The molecule has 0 radical (unpaired) electrons. The maximum Gasteiger partial charge on any atom is 0.229 e. The Labute approximate surface area is 128 Å². The highest BCUT2D eigenvalue weighted by atomic mass is 15.2. The first-order valence-corrected chi connectivity index (χ1v) is 8.15. The lowest BCUT2D eigenvalue weighted by molar-refractivity contribution is 0.549. The fourth-order valence-electron chi connectivity index (χ4n) is 2.16. The summed E-state index contributed by atoms with van der Waals surface area (Å²) < 4.78 is 0. The molecule has 0 saturated carbocycles. The van der Waals surface area contributed by atoms with Crippen LogP contribution in [0.1, 0.15) is 59.3 Å². The third-order valence-electron chi connectivity index (χ3n) is 3.36. The van der Waals surface area contributed by atoms with Crippen LogP contribution in [-0.2, 0) is 0 Å². The van der Waals surface area contributed by atoms with Gasteiger partial charge in [-0.1, -0.05) is 46.5 Å². The van der Waals surface area contributed by atoms with E-state index in [9.17, 15) is 0 Å². The summed E-state index contributed by atoms with van der Waals surface area (Å²) in [5.41, 5.74) is 5.73. The van der Waals surface area contributed by atoms with E-state index in [0.29, 0.717) is 17.8 Å². The Morgan fingerprint density at radius 2 is 1.67 bits per heavy atom. The third kappa shape index (κ3) is 7.68. The number of anilines is 3. The van der Waals surface area contributed by atoms with Crippen LogP contribution in [0, 0.1) is 5.92 Å². The zero-order chi connectivity index (χ0) is 15.5. The highest BCUT2D eigenvalue weighted by Gasteiger charge is 2.06. The second-order valence-corrected chi connectivity index (χ2v) is 5.60. The lowest BCUT2D eigenvalue weighted by atomic mass is 10.1. The second kappa shape index (κ2) is 10.2. The van der Waals surface area contributed by atoms with Gasteiger partial charge in [-0.15, -0.1) is 0 Å². The number of aromatic nitrogens is 3. The molecular formula is C15H30N6. The van der Waals surface area contributed by atoms with Crippen molar-refractivity contribution < 1.29 is 0 Å². The largest absolute Gasteiger partial charge is 0.368 e. The molecule has 1 rings (SSSR count). The number of rotatable bonds is 11. The van der Waals surface area contributed by atoms with Gasteiger partial charge in [0.15, 0.2) is 0 Å². The van der Waals surface area contributed by atoms with Crippen molar-refractivity contribution >= 4 is 17.8 Å². The van der Waals surface area contributed by atoms with Crippen molar-refractivity contribution in [2.24, 2.45) is 5.92 Å². The monoisotopic (exact) mass is 294 g/mol. The van der Waals surface area contributed by atoms with Gasteiger partial charge in [0.1, 0.15) is 0 Å². The van der Waals surface area contributed by atoms with Crippen LogP contribution in [0.2, 0.25) is 0 Å². The van der Waals surface area contributed by atoms with Crippen LogP contribution < -0.4 is 16.4 Å². The number of unbranched alkanes of at least 4 members (excludes halogenated alkanes) is 3. The number of nitrogens with one attached hydrogen (secondary N) is 2. The molecule has 1 atom stereocenters. The lowest BCUT2D eigenvalue weighted by Gasteiger charge is -2.12. The quantitative estimate of drug-likeness (QED) is 0.543. The number of hydrogen-bond acceptors (Lipinski definition) is 6. The standard InChI is InChI=1S/C15H30N6/c1-4-6-7-8-10-17-14-19-13(16)20-15(21-14)18-11-12(3)9-5-2/h12H,4-11H2,1-3H3,(H4,16,17,18,19,20,21). The summed E-state index contributed by atoms with van der Waals surface area (Å²) >= 11 is 0. The molecule has 1 unspecified atom stereocenters. The van der Waals surface area contributed by atoms with Gasteiger partial charge in [0.05, 0.1) is 0 Å². The lowest BCUT2D eigenvalue weighted by Crippen LogP contribution is -2.16. The molecule has 0 saturated heterocycles. The van der Waals surface area contributed by atoms with Crippen molar-refractivity contribution in [2.75, 3.05) is 29.5 Å². The van der Waals surface area contributed by atoms with E-state index in [0.717, 1.165) is 19.5 Å². The van der Waals surface area contributed by atoms with Gasteiger partial charge in [-0.3, -0.25) is 0 Å². The molecule has 6 nitrogen and oxygen atoms in total. The first-order valence-electron chi connectivity index (χ1n) is 8.15. The van der Waals surface area contributed by atoms with E-state index in [4.69, 9.17) is 5.73 Å². The maximum atomic E-state index is 5.73. The molecule has 1 aromatic rings. The molecule has 6 heteroatoms. The fraction of sp³-hybridized carbons (Fsp3) is 0.800. The molecule has 0 aliphatic rings. The summed E-state index contributed by atoms with van der Waals surface area (Å²) in [5, 5.41) is 6.45. The number of nitrogen functional groups attached to an aromatic ring is 1. The summed E-state index contributed by atoms with van der Waals surface area (Å²) in [6.45, 7) is 8.34. The summed E-state index contributed by atoms with van der Waals surface area (Å²) in [6.07, 6.45) is 7.23. The molecule has 21 heavy (non-hydrogen) atoms. The topological polar surface area (TPSA) is 88.8 Å². The molecule has 0 bridgehead atoms. The SMILES string of the molecule is CCCCCCNc1nc(N)nc(NCC(C)CCC)n1. The van der Waals surface area contributed by atoms with Gasteiger partial charge in [0.2, 0.25) is 17.8 Å². The molecule has 0 fully saturated rings. The minimum atomic E-state index is 0.256. The predicted molar refractivity (Wildman–Crippen MR) is 89.4 cm³/mol. The Kier molecular flexibility index (Phi) is 8.47. The van der Waals surface area contributed by atoms with Crippen molar-refractivity contribution in [2.45, 2.75) is 59.3 Å². The van der Waals surface area contributed by atoms with Gasteiger partial charge in [-0.05, 0) is 18.8 Å². The molecule has 4 N–H and O–H groups in total. The van der Waals surface area contributed by atoms with Gasteiger partial charge < -0.3 is 16.4 Å². The fourth-order valence-corrected chi connectivity index (χ4v) is 2.16. The Bertz CT molecular complexity index is 396. The van der Waals surface area contributed by atoms with Gasteiger partial charge >= 0.3 is 0 Å². The average molecular weight is 294 g/mol. The van der Waals surface area contributed by atoms with Crippen LogP contribution in [0.15, 0.2) is 0 Å². The summed E-state index contributed by atoms with van der Waals surface area (Å²) in [6, 6.07) is 0. The maximum absolute atomic E-state index is 5.73. The normalized spacial score (nSPS) is 12.1. The molecule has 120 valence electrons. The van der Waals surface area contributed by atoms with E-state index in [1.165, 1.54) is 32.1 Å². The van der Waals surface area contributed by atoms with Crippen LogP contribution in [0.3, 0.4) is 0 Å². The van der Waals surface area contributed by atoms with Gasteiger partial charge in [-0.2, -0.15) is 15.0 Å². The van der Waals surface area contributed by atoms with Gasteiger partial charge in [0, 0.05) is 13.1 Å². The smallest absolute Gasteiger partial charge is 0.229 e. The summed E-state index contributed by atoms with van der Waals surface area (Å²) in [7, 11) is 0. The molecule has 0 aliphatic heterocycles. The number of hydrogen-bond donors (Lipinski definition) is 3. The van der Waals surface area contributed by atoms with Crippen molar-refractivity contribution in [1.29, 1.82) is 0 Å². The first kappa shape index (κ1) is 17.5. The molecule has 0 spiro atoms. The molecule has 0 aromatic carbocycles. The summed E-state index contributed by atoms with van der Waals surface area (Å²) in [5.74, 6) is 1.97. The van der Waals surface area contributed by atoms with E-state index < -0.39 is 0 Å². The number of nitrogens with zero attached hydrogens (tertiary/aromatic N) is 3. The van der Waals surface area contributed by atoms with Crippen LogP contribution in [0.4, 0.5) is 17.8 Å². The second-order valence-electron chi connectivity index (χ2n) is 5.60. The van der Waals surface area contributed by atoms with E-state index >= 15 is 0 Å². The van der Waals surface area contributed by atoms with Crippen LogP contribution in [-0.4, -0.2) is 28.0 Å². The van der Waals surface area contributed by atoms with Crippen molar-refractivity contribution in [3.63, 3.8) is 0 Å². The van der Waals surface area contributed by atoms with E-state index in [1.54, 1.807) is 0 Å². The van der Waals surface area contributed by atoms with Gasteiger partial charge in [0.25, 0.3) is 0 Å². The van der Waals surface area contributed by atoms with E-state index in [2.05, 4.69) is 46.4 Å².